The van der Waals surface area contributed by atoms with Crippen molar-refractivity contribution in [2.45, 2.75) is 106 Å². The molecule has 3 aromatic heterocycles. The second-order valence-corrected chi connectivity index (χ2v) is 17.1. The molecule has 2 saturated heterocycles. The molecule has 49 heavy (non-hydrogen) atoms. The minimum absolute atomic E-state index is 0.0112. The van der Waals surface area contributed by atoms with Crippen molar-refractivity contribution in [2.75, 3.05) is 7.11 Å². The third kappa shape index (κ3) is 5.34. The van der Waals surface area contributed by atoms with Gasteiger partial charge in [0.05, 0.1) is 54.5 Å². The number of carbonyl (C=O) groups is 1. The fourth-order valence-electron chi connectivity index (χ4n) is 7.31. The summed E-state index contributed by atoms with van der Waals surface area (Å²) in [5.41, 5.74) is -1.78. The van der Waals surface area contributed by atoms with Gasteiger partial charge in [0, 0.05) is 11.1 Å². The average Bonchev–Trinajstić information content (AvgIpc) is 3.88. The summed E-state index contributed by atoms with van der Waals surface area (Å²) in [4.78, 5) is 44.8. The standard InChI is InChI=1S/C33H38N6O8S2/c1-19-26-27(40)38(33(12-13-33)30(41)36-49(43,44)32(2)10-11-32)31(42)37(29(26)48-28(19)39-34-14-15-35-39)18-25(23-6-4-5-7-24(23)45-3)47-22-16-20-8-9-21(17-22)46-20/h4-7,14-15,20-22,25H,8-13,16-18H2,1-3H3,(H,36,41)/t20-,21+,22-,25-/m0/s1. The van der Waals surface area contributed by atoms with E-state index < -0.39 is 43.6 Å². The zero-order valence-electron chi connectivity index (χ0n) is 27.5. The van der Waals surface area contributed by atoms with Crippen LogP contribution < -0.4 is 20.7 Å². The number of sulfonamides is 1. The number of benzene rings is 1. The summed E-state index contributed by atoms with van der Waals surface area (Å²) in [6.07, 6.45) is 6.98. The highest BCUT2D eigenvalue weighted by atomic mass is 32.2. The van der Waals surface area contributed by atoms with E-state index in [4.69, 9.17) is 14.2 Å². The second-order valence-electron chi connectivity index (χ2n) is 13.9. The molecule has 260 valence electrons. The maximum atomic E-state index is 14.8. The minimum Gasteiger partial charge on any atom is -0.496 e. The lowest BCUT2D eigenvalue weighted by Gasteiger charge is -2.32. The van der Waals surface area contributed by atoms with Crippen molar-refractivity contribution in [2.24, 2.45) is 0 Å². The van der Waals surface area contributed by atoms with Gasteiger partial charge in [0.1, 0.15) is 27.2 Å². The number of amides is 1. The molecule has 4 aromatic rings. The van der Waals surface area contributed by atoms with Crippen LogP contribution in [-0.2, 0) is 36.4 Å². The summed E-state index contributed by atoms with van der Waals surface area (Å²) >= 11 is 1.19. The van der Waals surface area contributed by atoms with Crippen LogP contribution in [0.5, 0.6) is 5.75 Å². The number of ether oxygens (including phenoxy) is 3. The molecular weight excluding hydrogens is 673 g/mol. The van der Waals surface area contributed by atoms with Gasteiger partial charge in [0.2, 0.25) is 10.0 Å². The van der Waals surface area contributed by atoms with Crippen LogP contribution in [0.25, 0.3) is 15.2 Å². The van der Waals surface area contributed by atoms with Gasteiger partial charge in [-0.2, -0.15) is 10.2 Å². The Balaban J connectivity index is 1.28. The van der Waals surface area contributed by atoms with Gasteiger partial charge >= 0.3 is 5.69 Å². The van der Waals surface area contributed by atoms with Crippen molar-refractivity contribution in [1.29, 1.82) is 0 Å². The first-order valence-corrected chi connectivity index (χ1v) is 18.9. The first kappa shape index (κ1) is 32.4. The highest BCUT2D eigenvalue weighted by Gasteiger charge is 2.58. The molecule has 5 heterocycles. The van der Waals surface area contributed by atoms with E-state index in [9.17, 15) is 22.8 Å². The Morgan fingerprint density at radius 1 is 1.10 bits per heavy atom. The fraction of sp³-hybridized carbons (Fsp3) is 0.545. The molecule has 0 unspecified atom stereocenters. The molecule has 0 spiro atoms. The first-order valence-electron chi connectivity index (χ1n) is 16.6. The summed E-state index contributed by atoms with van der Waals surface area (Å²) in [5.74, 6) is -0.288. The van der Waals surface area contributed by atoms with Gasteiger partial charge in [-0.1, -0.05) is 29.5 Å². The Labute approximate surface area is 286 Å². The van der Waals surface area contributed by atoms with Crippen LogP contribution >= 0.6 is 11.3 Å². The molecule has 2 saturated carbocycles. The monoisotopic (exact) mass is 710 g/mol. The Morgan fingerprint density at radius 3 is 2.41 bits per heavy atom. The predicted molar refractivity (Wildman–Crippen MR) is 180 cm³/mol. The number of rotatable bonds is 11. The Kier molecular flexibility index (Phi) is 7.66. The number of thiophene rings is 1. The number of hydrogen-bond acceptors (Lipinski definition) is 11. The summed E-state index contributed by atoms with van der Waals surface area (Å²) < 4.78 is 48.5. The van der Waals surface area contributed by atoms with Gasteiger partial charge in [-0.3, -0.25) is 18.9 Å². The Hall–Kier alpha value is -3.86. The third-order valence-corrected chi connectivity index (χ3v) is 14.1. The number of hydrogen-bond donors (Lipinski definition) is 1. The number of methoxy groups -OCH3 is 1. The minimum atomic E-state index is -4.02. The maximum absolute atomic E-state index is 14.8. The molecule has 2 bridgehead atoms. The van der Waals surface area contributed by atoms with Crippen LogP contribution in [-0.4, -0.2) is 68.6 Å². The van der Waals surface area contributed by atoms with E-state index >= 15 is 0 Å². The molecule has 4 aliphatic rings. The number of aryl methyl sites for hydroxylation is 1. The van der Waals surface area contributed by atoms with Crippen LogP contribution in [0.2, 0.25) is 0 Å². The van der Waals surface area contributed by atoms with Crippen molar-refractivity contribution >= 4 is 37.5 Å². The molecule has 1 aromatic carbocycles. The lowest BCUT2D eigenvalue weighted by molar-refractivity contribution is -0.124. The number of nitrogens with one attached hydrogen (secondary N) is 1. The van der Waals surface area contributed by atoms with Crippen LogP contribution in [0.3, 0.4) is 0 Å². The first-order chi connectivity index (χ1) is 23.4. The number of aromatic nitrogens is 5. The van der Waals surface area contributed by atoms with E-state index in [0.717, 1.165) is 35.8 Å². The van der Waals surface area contributed by atoms with Crippen LogP contribution in [0.4, 0.5) is 0 Å². The van der Waals surface area contributed by atoms with Gasteiger partial charge in [-0.05, 0) is 71.3 Å². The lowest BCUT2D eigenvalue weighted by atomic mass is 10.0. The maximum Gasteiger partial charge on any atom is 0.333 e. The van der Waals surface area contributed by atoms with Crippen molar-refractivity contribution in [3.05, 3.63) is 68.6 Å². The third-order valence-electron chi connectivity index (χ3n) is 10.6. The van der Waals surface area contributed by atoms with E-state index in [1.165, 1.54) is 33.1 Å². The van der Waals surface area contributed by atoms with Gasteiger partial charge in [0.15, 0.2) is 0 Å². The van der Waals surface area contributed by atoms with Crippen molar-refractivity contribution < 1.29 is 27.4 Å². The highest BCUT2D eigenvalue weighted by Crippen LogP contribution is 2.46. The topological polar surface area (TPSA) is 166 Å². The Bertz CT molecular complexity index is 2170. The van der Waals surface area contributed by atoms with Crippen molar-refractivity contribution in [3.8, 4) is 10.8 Å². The summed E-state index contributed by atoms with van der Waals surface area (Å²) in [5, 5.41) is 9.31. The van der Waals surface area contributed by atoms with Crippen molar-refractivity contribution in [1.82, 2.24) is 28.9 Å². The molecule has 1 amide bonds. The lowest BCUT2D eigenvalue weighted by Crippen LogP contribution is -2.53. The molecule has 2 aliphatic heterocycles. The largest absolute Gasteiger partial charge is 0.496 e. The van der Waals surface area contributed by atoms with Crippen LogP contribution in [0.1, 0.15) is 75.5 Å². The second kappa shape index (κ2) is 11.6. The van der Waals surface area contributed by atoms with E-state index in [1.807, 2.05) is 24.3 Å². The quantitative estimate of drug-likeness (QED) is 0.245. The molecule has 14 nitrogen and oxygen atoms in total. The van der Waals surface area contributed by atoms with Gasteiger partial charge in [-0.25, -0.2) is 17.8 Å². The molecule has 4 fully saturated rings. The molecule has 2 aliphatic carbocycles. The molecule has 0 radical (unpaired) electrons. The van der Waals surface area contributed by atoms with E-state index in [0.29, 0.717) is 34.0 Å². The number of fused-ring (bicyclic) bond motifs is 3. The molecule has 4 atom stereocenters. The molecule has 16 heteroatoms. The Morgan fingerprint density at radius 2 is 1.78 bits per heavy atom. The zero-order chi connectivity index (χ0) is 34.3. The van der Waals surface area contributed by atoms with Gasteiger partial charge < -0.3 is 14.2 Å². The molecule has 8 rings (SSSR count). The number of nitrogens with zero attached hydrogens (tertiary/aromatic N) is 5. The number of carbonyl (C=O) groups excluding carboxylic acids is 1. The van der Waals surface area contributed by atoms with E-state index in [2.05, 4.69) is 14.9 Å². The van der Waals surface area contributed by atoms with E-state index in [-0.39, 0.29) is 43.1 Å². The van der Waals surface area contributed by atoms with Gasteiger partial charge in [0.25, 0.3) is 11.5 Å². The van der Waals surface area contributed by atoms with Crippen LogP contribution in [0.15, 0.2) is 46.2 Å². The van der Waals surface area contributed by atoms with Gasteiger partial charge in [-0.15, -0.1) is 4.80 Å². The van der Waals surface area contributed by atoms with E-state index in [1.54, 1.807) is 21.0 Å². The summed E-state index contributed by atoms with van der Waals surface area (Å²) in [7, 11) is -2.44. The normalized spacial score (nSPS) is 24.1. The molecule has 1 N–H and O–H groups in total. The smallest absolute Gasteiger partial charge is 0.333 e. The van der Waals surface area contributed by atoms with Crippen molar-refractivity contribution in [3.63, 3.8) is 0 Å². The number of para-hydroxylation sites is 1. The summed E-state index contributed by atoms with van der Waals surface area (Å²) in [6, 6.07) is 7.46. The summed E-state index contributed by atoms with van der Waals surface area (Å²) in [6.45, 7) is 3.32. The SMILES string of the molecule is COc1ccccc1[C@H](Cn1c(=O)n(C2(C(=O)NS(=O)(=O)C3(C)CC3)CC2)c(=O)c2c(C)c(-n3nccn3)sc21)O[C@@H]1C[C@H]2CC[C@@H](C1)O2. The fourth-order valence-corrected chi connectivity index (χ4v) is 9.85. The predicted octanol–water partition coefficient (Wildman–Crippen LogP) is 3.08. The zero-order valence-corrected chi connectivity index (χ0v) is 29.1. The average molecular weight is 711 g/mol. The van der Waals surface area contributed by atoms with Crippen LogP contribution in [0, 0.1) is 6.92 Å². The molecular formula is C33H38N6O8S2. The highest BCUT2D eigenvalue weighted by molar-refractivity contribution is 7.91.